The molecule has 0 radical (unpaired) electrons. The van der Waals surface area contributed by atoms with Crippen LogP contribution < -0.4 is 15.0 Å². The zero-order chi connectivity index (χ0) is 16.2. The van der Waals surface area contributed by atoms with Crippen LogP contribution in [0.4, 0.5) is 10.5 Å². The van der Waals surface area contributed by atoms with Crippen molar-refractivity contribution < 1.29 is 14.3 Å². The third-order valence-corrected chi connectivity index (χ3v) is 3.86. The van der Waals surface area contributed by atoms with E-state index < -0.39 is 6.09 Å². The molecule has 5 heteroatoms. The van der Waals surface area contributed by atoms with Gasteiger partial charge in [-0.1, -0.05) is 30.3 Å². The summed E-state index contributed by atoms with van der Waals surface area (Å²) in [6.45, 7) is 0.480. The van der Waals surface area contributed by atoms with Crippen molar-refractivity contribution >= 4 is 17.7 Å². The molecule has 2 amide bonds. The number of hydrogen-bond donors (Lipinski definition) is 1. The van der Waals surface area contributed by atoms with Crippen LogP contribution in [0.2, 0.25) is 0 Å². The monoisotopic (exact) mass is 310 g/mol. The number of anilines is 1. The van der Waals surface area contributed by atoms with E-state index in [1.54, 1.807) is 24.1 Å². The summed E-state index contributed by atoms with van der Waals surface area (Å²) >= 11 is 0. The molecule has 0 atom stereocenters. The number of benzene rings is 2. The number of fused-ring (bicyclic) bond motifs is 1. The van der Waals surface area contributed by atoms with Crippen molar-refractivity contribution in [3.8, 4) is 5.75 Å². The largest absolute Gasteiger partial charge is 0.412 e. The van der Waals surface area contributed by atoms with Crippen LogP contribution in [-0.2, 0) is 17.6 Å². The van der Waals surface area contributed by atoms with Gasteiger partial charge in [0.25, 0.3) is 0 Å². The van der Waals surface area contributed by atoms with Gasteiger partial charge < -0.3 is 15.0 Å². The summed E-state index contributed by atoms with van der Waals surface area (Å²) in [5.74, 6) is 0.630. The molecule has 5 nitrogen and oxygen atoms in total. The Bertz CT molecular complexity index is 728. The lowest BCUT2D eigenvalue weighted by Gasteiger charge is -2.11. The van der Waals surface area contributed by atoms with Gasteiger partial charge in [-0.05, 0) is 35.7 Å². The van der Waals surface area contributed by atoms with Crippen LogP contribution in [0, 0.1) is 0 Å². The van der Waals surface area contributed by atoms with Gasteiger partial charge in [-0.15, -0.1) is 0 Å². The fourth-order valence-corrected chi connectivity index (χ4v) is 2.62. The maximum atomic E-state index is 11.7. The molecular weight excluding hydrogens is 292 g/mol. The SMILES string of the molecule is CN1C(=O)Cc2cc(CCNC(=O)Oc3ccccc3)ccc21. The van der Waals surface area contributed by atoms with Crippen molar-refractivity contribution in [1.82, 2.24) is 5.32 Å². The molecule has 3 rings (SSSR count). The lowest BCUT2D eigenvalue weighted by Crippen LogP contribution is -2.28. The van der Waals surface area contributed by atoms with Gasteiger partial charge in [-0.2, -0.15) is 0 Å². The molecule has 0 saturated carbocycles. The minimum atomic E-state index is -0.465. The molecule has 2 aromatic carbocycles. The highest BCUT2D eigenvalue weighted by Gasteiger charge is 2.23. The van der Waals surface area contributed by atoms with Gasteiger partial charge in [0.15, 0.2) is 0 Å². The highest BCUT2D eigenvalue weighted by molar-refractivity contribution is 6.00. The Morgan fingerprint density at radius 3 is 2.78 bits per heavy atom. The third-order valence-electron chi connectivity index (χ3n) is 3.86. The van der Waals surface area contributed by atoms with Crippen molar-refractivity contribution in [1.29, 1.82) is 0 Å². The van der Waals surface area contributed by atoms with Crippen LogP contribution in [0.5, 0.6) is 5.75 Å². The average molecular weight is 310 g/mol. The van der Waals surface area contributed by atoms with Gasteiger partial charge in [0.1, 0.15) is 5.75 Å². The van der Waals surface area contributed by atoms with Gasteiger partial charge in [-0.25, -0.2) is 4.79 Å². The smallest absolute Gasteiger partial charge is 0.410 e. The summed E-state index contributed by atoms with van der Waals surface area (Å²) in [6, 6.07) is 14.9. The van der Waals surface area contributed by atoms with E-state index in [1.807, 2.05) is 36.4 Å². The Morgan fingerprint density at radius 1 is 1.22 bits per heavy atom. The number of carbonyl (C=O) groups is 2. The average Bonchev–Trinajstić information content (AvgIpc) is 2.82. The zero-order valence-corrected chi connectivity index (χ0v) is 12.9. The van der Waals surface area contributed by atoms with E-state index in [2.05, 4.69) is 5.32 Å². The van der Waals surface area contributed by atoms with Crippen molar-refractivity contribution in [3.63, 3.8) is 0 Å². The topological polar surface area (TPSA) is 58.6 Å². The van der Waals surface area contributed by atoms with Crippen molar-refractivity contribution in [3.05, 3.63) is 59.7 Å². The second-order valence-corrected chi connectivity index (χ2v) is 5.47. The maximum Gasteiger partial charge on any atom is 0.412 e. The van der Waals surface area contributed by atoms with Crippen LogP contribution >= 0.6 is 0 Å². The maximum absolute atomic E-state index is 11.7. The summed E-state index contributed by atoms with van der Waals surface area (Å²) in [4.78, 5) is 25.0. The van der Waals surface area contributed by atoms with Crippen LogP contribution in [0.1, 0.15) is 11.1 Å². The van der Waals surface area contributed by atoms with Gasteiger partial charge in [0.2, 0.25) is 5.91 Å². The van der Waals surface area contributed by atoms with E-state index in [1.165, 1.54) is 0 Å². The molecule has 0 aliphatic carbocycles. The van der Waals surface area contributed by atoms with Crippen LogP contribution in [-0.4, -0.2) is 25.6 Å². The number of likely N-dealkylation sites (N-methyl/N-ethyl adjacent to an activating group) is 1. The second-order valence-electron chi connectivity index (χ2n) is 5.47. The van der Waals surface area contributed by atoms with Crippen LogP contribution in [0.15, 0.2) is 48.5 Å². The molecule has 118 valence electrons. The first-order valence-electron chi connectivity index (χ1n) is 7.52. The minimum absolute atomic E-state index is 0.113. The third kappa shape index (κ3) is 3.51. The van der Waals surface area contributed by atoms with E-state index in [-0.39, 0.29) is 5.91 Å². The Kier molecular flexibility index (Phi) is 4.28. The predicted octanol–water partition coefficient (Wildman–Crippen LogP) is 2.54. The number of nitrogens with zero attached hydrogens (tertiary/aromatic N) is 1. The number of hydrogen-bond acceptors (Lipinski definition) is 3. The summed E-state index contributed by atoms with van der Waals surface area (Å²) in [5.41, 5.74) is 3.10. The summed E-state index contributed by atoms with van der Waals surface area (Å²) in [6.07, 6.45) is 0.672. The molecule has 0 aromatic heterocycles. The Morgan fingerprint density at radius 2 is 2.00 bits per heavy atom. The number of rotatable bonds is 4. The highest BCUT2D eigenvalue weighted by atomic mass is 16.6. The first-order valence-corrected chi connectivity index (χ1v) is 7.52. The number of para-hydroxylation sites is 1. The summed E-state index contributed by atoms with van der Waals surface area (Å²) in [7, 11) is 1.79. The van der Waals surface area contributed by atoms with Gasteiger partial charge >= 0.3 is 6.09 Å². The predicted molar refractivity (Wildman–Crippen MR) is 87.7 cm³/mol. The first-order chi connectivity index (χ1) is 11.1. The molecule has 1 aliphatic rings. The standard InChI is InChI=1S/C18H18N2O3/c1-20-16-8-7-13(11-14(16)12-17(20)21)9-10-19-18(22)23-15-5-3-2-4-6-15/h2-8,11H,9-10,12H2,1H3,(H,19,22). The van der Waals surface area contributed by atoms with E-state index in [0.29, 0.717) is 25.1 Å². The number of carbonyl (C=O) groups excluding carboxylic acids is 2. The second kappa shape index (κ2) is 6.52. The van der Waals surface area contributed by atoms with Gasteiger partial charge in [-0.3, -0.25) is 4.79 Å². The minimum Gasteiger partial charge on any atom is -0.410 e. The van der Waals surface area contributed by atoms with E-state index in [4.69, 9.17) is 4.74 Å². The number of ether oxygens (including phenoxy) is 1. The van der Waals surface area contributed by atoms with Crippen LogP contribution in [0.3, 0.4) is 0 Å². The van der Waals surface area contributed by atoms with Gasteiger partial charge in [0.05, 0.1) is 6.42 Å². The molecule has 2 aromatic rings. The molecule has 0 fully saturated rings. The molecule has 0 spiro atoms. The normalized spacial score (nSPS) is 12.9. The molecule has 0 bridgehead atoms. The highest BCUT2D eigenvalue weighted by Crippen LogP contribution is 2.28. The van der Waals surface area contributed by atoms with Crippen molar-refractivity contribution in [2.75, 3.05) is 18.5 Å². The van der Waals surface area contributed by atoms with Crippen LogP contribution in [0.25, 0.3) is 0 Å². The zero-order valence-electron chi connectivity index (χ0n) is 12.9. The molecular formula is C18H18N2O3. The molecule has 1 aliphatic heterocycles. The van der Waals surface area contributed by atoms with E-state index in [9.17, 15) is 9.59 Å². The van der Waals surface area contributed by atoms with Gasteiger partial charge in [0, 0.05) is 19.3 Å². The van der Waals surface area contributed by atoms with Crippen molar-refractivity contribution in [2.45, 2.75) is 12.8 Å². The number of amides is 2. The lowest BCUT2D eigenvalue weighted by atomic mass is 10.1. The fraction of sp³-hybridized carbons (Fsp3) is 0.222. The molecule has 1 heterocycles. The first kappa shape index (κ1) is 15.1. The molecule has 23 heavy (non-hydrogen) atoms. The molecule has 0 unspecified atom stereocenters. The summed E-state index contributed by atoms with van der Waals surface area (Å²) in [5, 5.41) is 2.73. The Balaban J connectivity index is 1.51. The van der Waals surface area contributed by atoms with Crippen molar-refractivity contribution in [2.24, 2.45) is 0 Å². The Labute approximate surface area is 134 Å². The molecule has 0 saturated heterocycles. The Hall–Kier alpha value is -2.82. The summed E-state index contributed by atoms with van der Waals surface area (Å²) < 4.78 is 5.15. The fourth-order valence-electron chi connectivity index (χ4n) is 2.62. The number of nitrogens with one attached hydrogen (secondary N) is 1. The van der Waals surface area contributed by atoms with E-state index >= 15 is 0 Å². The quantitative estimate of drug-likeness (QED) is 0.944. The lowest BCUT2D eigenvalue weighted by molar-refractivity contribution is -0.117. The molecule has 1 N–H and O–H groups in total. The van der Waals surface area contributed by atoms with E-state index in [0.717, 1.165) is 16.8 Å².